The minimum Gasteiger partial charge on any atom is -0.480 e. The van der Waals surface area contributed by atoms with Crippen LogP contribution in [-0.2, 0) is 23.7 Å². The van der Waals surface area contributed by atoms with Crippen molar-refractivity contribution >= 4 is 5.97 Å². The Labute approximate surface area is 188 Å². The molecular formula is C24H54O6. The number of carbonyl (C=O) groups is 1. The topological polar surface area (TPSA) is 74.2 Å². The molecule has 0 saturated heterocycles. The van der Waals surface area contributed by atoms with Crippen LogP contribution in [0.3, 0.4) is 0 Å². The normalized spacial score (nSPS) is 10.2. The third-order valence-electron chi connectivity index (χ3n) is 3.52. The molecule has 0 fully saturated rings. The number of ether oxygens (including phenoxy) is 4. The number of rotatable bonds is 16. The Morgan fingerprint density at radius 1 is 0.700 bits per heavy atom. The lowest BCUT2D eigenvalue weighted by molar-refractivity contribution is -0.142. The van der Waals surface area contributed by atoms with E-state index in [9.17, 15) is 4.79 Å². The molecule has 0 aromatic heterocycles. The monoisotopic (exact) mass is 438 g/mol. The fourth-order valence-corrected chi connectivity index (χ4v) is 1.61. The summed E-state index contributed by atoms with van der Waals surface area (Å²) in [6.07, 6.45) is 4.40. The molecule has 0 bridgehead atoms. The fraction of sp³-hybridized carbons (Fsp3) is 0.958. The summed E-state index contributed by atoms with van der Waals surface area (Å²) in [5.74, 6) is 1.20. The molecule has 0 aliphatic rings. The van der Waals surface area contributed by atoms with Gasteiger partial charge in [0.05, 0.1) is 13.2 Å². The Morgan fingerprint density at radius 3 is 1.43 bits per heavy atom. The standard InChI is InChI=1S/C8H18O2.C8H18O.C7H14O3.CH4/c1-8(2)4-5-10-7-6-9-3;1-4-6-9-7-5-8(2)3;1-6(2)3-4-10-5-7(8)9;/h8H,4-7H2,1-3H3;8H,4-7H2,1-3H3;6H,3-5H2,1-2H3,(H,8,9);1H4. The first kappa shape index (κ1) is 36.7. The molecule has 0 aliphatic carbocycles. The molecule has 0 heterocycles. The van der Waals surface area contributed by atoms with Crippen LogP contribution in [0.15, 0.2) is 0 Å². The van der Waals surface area contributed by atoms with Gasteiger partial charge in [-0.15, -0.1) is 0 Å². The van der Waals surface area contributed by atoms with E-state index in [-0.39, 0.29) is 14.0 Å². The molecule has 0 aromatic rings. The SMILES string of the molecule is C.CC(C)CCOCC(=O)O.CCCOCCC(C)C.COCCOCCC(C)C. The summed E-state index contributed by atoms with van der Waals surface area (Å²) in [6, 6.07) is 0. The zero-order valence-corrected chi connectivity index (χ0v) is 20.5. The summed E-state index contributed by atoms with van der Waals surface area (Å²) in [5.41, 5.74) is 0. The van der Waals surface area contributed by atoms with Crippen molar-refractivity contribution in [3.8, 4) is 0 Å². The highest BCUT2D eigenvalue weighted by Crippen LogP contribution is 1.99. The molecule has 6 nitrogen and oxygen atoms in total. The van der Waals surface area contributed by atoms with Gasteiger partial charge >= 0.3 is 5.97 Å². The molecule has 0 rings (SSSR count). The lowest BCUT2D eigenvalue weighted by Gasteiger charge is -2.04. The van der Waals surface area contributed by atoms with Gasteiger partial charge in [0.2, 0.25) is 0 Å². The van der Waals surface area contributed by atoms with Crippen LogP contribution in [0.5, 0.6) is 0 Å². The molecule has 0 amide bonds. The highest BCUT2D eigenvalue weighted by Gasteiger charge is 1.97. The number of aliphatic carboxylic acids is 1. The molecule has 1 N–H and O–H groups in total. The second-order valence-electron chi connectivity index (χ2n) is 8.21. The number of hydrogen-bond acceptors (Lipinski definition) is 5. The Kier molecular flexibility index (Phi) is 37.3. The van der Waals surface area contributed by atoms with Crippen molar-refractivity contribution in [3.63, 3.8) is 0 Å². The van der Waals surface area contributed by atoms with Crippen LogP contribution in [0.1, 0.15) is 81.6 Å². The first-order chi connectivity index (χ1) is 13.7. The second-order valence-corrected chi connectivity index (χ2v) is 8.21. The predicted octanol–water partition coefficient (Wildman–Crippen LogP) is 5.92. The minimum absolute atomic E-state index is 0. The van der Waals surface area contributed by atoms with Crippen LogP contribution in [0.2, 0.25) is 0 Å². The van der Waals surface area contributed by atoms with Crippen molar-refractivity contribution in [2.45, 2.75) is 81.6 Å². The minimum atomic E-state index is -0.899. The maximum atomic E-state index is 9.92. The van der Waals surface area contributed by atoms with Crippen molar-refractivity contribution in [1.29, 1.82) is 0 Å². The molecule has 0 aliphatic heterocycles. The van der Waals surface area contributed by atoms with Crippen molar-refractivity contribution in [2.75, 3.05) is 53.4 Å². The van der Waals surface area contributed by atoms with Crippen LogP contribution < -0.4 is 0 Å². The van der Waals surface area contributed by atoms with E-state index >= 15 is 0 Å². The molecule has 0 atom stereocenters. The fourth-order valence-electron chi connectivity index (χ4n) is 1.61. The van der Waals surface area contributed by atoms with Gasteiger partial charge < -0.3 is 24.1 Å². The largest absolute Gasteiger partial charge is 0.480 e. The molecule has 0 saturated carbocycles. The van der Waals surface area contributed by atoms with E-state index in [1.54, 1.807) is 7.11 Å². The summed E-state index contributed by atoms with van der Waals surface area (Å²) in [7, 11) is 1.69. The lowest BCUT2D eigenvalue weighted by atomic mass is 10.1. The second kappa shape index (κ2) is 30.5. The molecule has 30 heavy (non-hydrogen) atoms. The van der Waals surface area contributed by atoms with Gasteiger partial charge in [0.1, 0.15) is 6.61 Å². The smallest absolute Gasteiger partial charge is 0.329 e. The molecular weight excluding hydrogens is 384 g/mol. The Balaban J connectivity index is -0.000000167. The van der Waals surface area contributed by atoms with Gasteiger partial charge in [-0.05, 0) is 43.4 Å². The summed E-state index contributed by atoms with van der Waals surface area (Å²) in [6.45, 7) is 19.6. The Morgan fingerprint density at radius 2 is 1.10 bits per heavy atom. The van der Waals surface area contributed by atoms with E-state index in [2.05, 4.69) is 48.5 Å². The van der Waals surface area contributed by atoms with Crippen LogP contribution in [0, 0.1) is 17.8 Å². The van der Waals surface area contributed by atoms with E-state index in [0.29, 0.717) is 19.1 Å². The average Bonchev–Trinajstić information content (AvgIpc) is 2.63. The van der Waals surface area contributed by atoms with E-state index in [4.69, 9.17) is 24.1 Å². The van der Waals surface area contributed by atoms with Gasteiger partial charge in [0.25, 0.3) is 0 Å². The van der Waals surface area contributed by atoms with E-state index in [1.165, 1.54) is 6.42 Å². The number of carboxylic acids is 1. The first-order valence-corrected chi connectivity index (χ1v) is 11.1. The van der Waals surface area contributed by atoms with E-state index < -0.39 is 5.97 Å². The van der Waals surface area contributed by atoms with Gasteiger partial charge in [-0.1, -0.05) is 55.9 Å². The quantitative estimate of drug-likeness (QED) is 0.301. The molecule has 186 valence electrons. The van der Waals surface area contributed by atoms with Crippen LogP contribution in [0.4, 0.5) is 0 Å². The van der Waals surface area contributed by atoms with Crippen molar-refractivity contribution < 1.29 is 28.8 Å². The van der Waals surface area contributed by atoms with Gasteiger partial charge in [-0.3, -0.25) is 0 Å². The highest BCUT2D eigenvalue weighted by molar-refractivity contribution is 5.67. The summed E-state index contributed by atoms with van der Waals surface area (Å²) in [4.78, 5) is 9.92. The summed E-state index contributed by atoms with van der Waals surface area (Å²) < 4.78 is 20.2. The maximum Gasteiger partial charge on any atom is 0.329 e. The molecule has 0 radical (unpaired) electrons. The molecule has 6 heteroatoms. The van der Waals surface area contributed by atoms with Crippen molar-refractivity contribution in [2.24, 2.45) is 17.8 Å². The maximum absolute atomic E-state index is 9.92. The summed E-state index contributed by atoms with van der Waals surface area (Å²) in [5, 5.41) is 8.15. The predicted molar refractivity (Wildman–Crippen MR) is 127 cm³/mol. The van der Waals surface area contributed by atoms with Crippen molar-refractivity contribution in [1.82, 2.24) is 0 Å². The number of hydrogen-bond donors (Lipinski definition) is 1. The van der Waals surface area contributed by atoms with Crippen LogP contribution in [0.25, 0.3) is 0 Å². The molecule has 0 aromatic carbocycles. The van der Waals surface area contributed by atoms with E-state index in [0.717, 1.165) is 57.5 Å². The van der Waals surface area contributed by atoms with E-state index in [1.807, 2.05) is 0 Å². The number of methoxy groups -OCH3 is 1. The number of carboxylic acid groups (broad SMARTS) is 1. The first-order valence-electron chi connectivity index (χ1n) is 11.1. The molecule has 0 unspecified atom stereocenters. The van der Waals surface area contributed by atoms with Crippen LogP contribution >= 0.6 is 0 Å². The zero-order valence-electron chi connectivity index (χ0n) is 20.5. The zero-order chi connectivity index (χ0) is 22.9. The Bertz CT molecular complexity index is 306. The van der Waals surface area contributed by atoms with Gasteiger partial charge in [0.15, 0.2) is 0 Å². The van der Waals surface area contributed by atoms with Gasteiger partial charge in [0, 0.05) is 33.5 Å². The third-order valence-corrected chi connectivity index (χ3v) is 3.52. The summed E-state index contributed by atoms with van der Waals surface area (Å²) >= 11 is 0. The average molecular weight is 439 g/mol. The molecule has 0 spiro atoms. The lowest BCUT2D eigenvalue weighted by Crippen LogP contribution is -2.08. The third kappa shape index (κ3) is 50.7. The van der Waals surface area contributed by atoms with Crippen molar-refractivity contribution in [3.05, 3.63) is 0 Å². The Hall–Kier alpha value is -0.690. The van der Waals surface area contributed by atoms with Crippen LogP contribution in [-0.4, -0.2) is 64.4 Å². The van der Waals surface area contributed by atoms with Gasteiger partial charge in [-0.2, -0.15) is 0 Å². The van der Waals surface area contributed by atoms with Gasteiger partial charge in [-0.25, -0.2) is 4.79 Å². The highest BCUT2D eigenvalue weighted by atomic mass is 16.5.